The normalized spacial score (nSPS) is 16.5. The molecule has 1 aliphatic heterocycles. The van der Waals surface area contributed by atoms with Gasteiger partial charge in [0, 0.05) is 44.1 Å². The minimum absolute atomic E-state index is 0.168. The van der Waals surface area contributed by atoms with Gasteiger partial charge in [0.2, 0.25) is 0 Å². The molecule has 0 radical (unpaired) electrons. The molecule has 32 heavy (non-hydrogen) atoms. The lowest BCUT2D eigenvalue weighted by molar-refractivity contribution is 0.0949. The van der Waals surface area contributed by atoms with Crippen LogP contribution < -0.4 is 10.1 Å². The van der Waals surface area contributed by atoms with E-state index in [9.17, 15) is 4.79 Å². The van der Waals surface area contributed by atoms with Gasteiger partial charge in [0.25, 0.3) is 5.91 Å². The first kappa shape index (κ1) is 21.9. The highest BCUT2D eigenvalue weighted by molar-refractivity contribution is 5.94. The molecule has 1 amide bonds. The van der Waals surface area contributed by atoms with Gasteiger partial charge in [-0.05, 0) is 55.6 Å². The van der Waals surface area contributed by atoms with Gasteiger partial charge in [0.05, 0.1) is 18.4 Å². The summed E-state index contributed by atoms with van der Waals surface area (Å²) in [5.74, 6) is 1.69. The van der Waals surface area contributed by atoms with Crippen LogP contribution in [0.3, 0.4) is 0 Å². The second kappa shape index (κ2) is 10.3. The number of rotatable bonds is 7. The van der Waals surface area contributed by atoms with Crippen molar-refractivity contribution in [1.29, 1.82) is 0 Å². The van der Waals surface area contributed by atoms with Crippen LogP contribution in [0.2, 0.25) is 0 Å². The third-order valence-electron chi connectivity index (χ3n) is 5.83. The van der Waals surface area contributed by atoms with Crippen molar-refractivity contribution in [2.75, 3.05) is 20.2 Å². The third-order valence-corrected chi connectivity index (χ3v) is 5.83. The van der Waals surface area contributed by atoms with Crippen molar-refractivity contribution >= 4 is 5.91 Å². The second-order valence-corrected chi connectivity index (χ2v) is 8.20. The number of aromatic nitrogens is 3. The zero-order valence-corrected chi connectivity index (χ0v) is 18.6. The van der Waals surface area contributed by atoms with E-state index in [0.717, 1.165) is 49.6 Å². The average Bonchev–Trinajstić information content (AvgIpc) is 2.83. The predicted molar refractivity (Wildman–Crippen MR) is 122 cm³/mol. The van der Waals surface area contributed by atoms with E-state index >= 15 is 0 Å². The van der Waals surface area contributed by atoms with Gasteiger partial charge in [-0.15, -0.1) is 0 Å². The molecule has 166 valence electrons. The van der Waals surface area contributed by atoms with E-state index < -0.39 is 0 Å². The molecule has 0 bridgehead atoms. The number of amides is 1. The fraction of sp³-hybridized carbons (Fsp3) is 0.360. The summed E-state index contributed by atoms with van der Waals surface area (Å²) in [5, 5.41) is 2.95. The summed E-state index contributed by atoms with van der Waals surface area (Å²) in [6.45, 7) is 5.16. The van der Waals surface area contributed by atoms with Crippen LogP contribution in [0.4, 0.5) is 0 Å². The van der Waals surface area contributed by atoms with Gasteiger partial charge >= 0.3 is 0 Å². The molecular formula is C25H29N5O2. The van der Waals surface area contributed by atoms with Gasteiger partial charge in [0.15, 0.2) is 0 Å². The molecule has 0 spiro atoms. The Kier molecular flexibility index (Phi) is 7.07. The maximum absolute atomic E-state index is 12.7. The van der Waals surface area contributed by atoms with Gasteiger partial charge in [-0.25, -0.2) is 9.97 Å². The lowest BCUT2D eigenvalue weighted by atomic mass is 9.96. The van der Waals surface area contributed by atoms with Crippen LogP contribution in [0.25, 0.3) is 0 Å². The van der Waals surface area contributed by atoms with E-state index in [1.807, 2.05) is 43.5 Å². The molecule has 1 fully saturated rings. The highest BCUT2D eigenvalue weighted by Gasteiger charge is 2.24. The largest absolute Gasteiger partial charge is 0.497 e. The molecule has 2 aromatic heterocycles. The number of nitrogens with zero attached hydrogens (tertiary/aromatic N) is 4. The van der Waals surface area contributed by atoms with Crippen molar-refractivity contribution in [2.45, 2.75) is 38.8 Å². The number of ether oxygens (including phenoxy) is 1. The quantitative estimate of drug-likeness (QED) is 0.617. The summed E-state index contributed by atoms with van der Waals surface area (Å²) in [4.78, 5) is 28.6. The molecule has 0 aliphatic carbocycles. The number of carbonyl (C=O) groups excluding carboxylic acids is 1. The number of piperidine rings is 1. The van der Waals surface area contributed by atoms with E-state index in [-0.39, 0.29) is 11.8 Å². The number of aryl methyl sites for hydroxylation is 1. The maximum atomic E-state index is 12.7. The van der Waals surface area contributed by atoms with Crippen molar-refractivity contribution < 1.29 is 9.53 Å². The Morgan fingerprint density at radius 1 is 1.22 bits per heavy atom. The van der Waals surface area contributed by atoms with Crippen LogP contribution >= 0.6 is 0 Å². The van der Waals surface area contributed by atoms with Crippen molar-refractivity contribution in [3.8, 4) is 5.75 Å². The summed E-state index contributed by atoms with van der Waals surface area (Å²) < 4.78 is 5.24. The zero-order chi connectivity index (χ0) is 22.3. The smallest absolute Gasteiger partial charge is 0.254 e. The number of methoxy groups -OCH3 is 1. The Balaban J connectivity index is 1.38. The molecule has 1 unspecified atom stereocenters. The third kappa shape index (κ3) is 5.48. The number of nitrogens with one attached hydrogen (secondary N) is 1. The summed E-state index contributed by atoms with van der Waals surface area (Å²) >= 11 is 0. The lowest BCUT2D eigenvalue weighted by Crippen LogP contribution is -2.34. The standard InChI is InChI=1S/C25H29N5O2/c1-18-23(25(31)28-14-19-6-3-9-22(12-19)32-2)15-27-24(29-18)21-8-5-11-30(17-21)16-20-7-4-10-26-13-20/h3-4,6-7,9-10,12-13,15,21H,5,8,11,14,16-17H2,1-2H3,(H,28,31). The number of pyridine rings is 1. The molecule has 4 rings (SSSR count). The molecular weight excluding hydrogens is 402 g/mol. The fourth-order valence-corrected chi connectivity index (χ4v) is 4.12. The van der Waals surface area contributed by atoms with E-state index in [1.54, 1.807) is 19.5 Å². The summed E-state index contributed by atoms with van der Waals surface area (Å²) in [7, 11) is 1.63. The first-order valence-corrected chi connectivity index (χ1v) is 11.0. The molecule has 1 saturated heterocycles. The maximum Gasteiger partial charge on any atom is 0.254 e. The summed E-state index contributed by atoms with van der Waals surface area (Å²) in [6.07, 6.45) is 7.55. The van der Waals surface area contributed by atoms with Crippen molar-refractivity contribution in [1.82, 2.24) is 25.2 Å². The van der Waals surface area contributed by atoms with Crippen LogP contribution in [0.15, 0.2) is 55.0 Å². The van der Waals surface area contributed by atoms with Gasteiger partial charge in [-0.1, -0.05) is 18.2 Å². The van der Waals surface area contributed by atoms with Crippen molar-refractivity contribution in [3.05, 3.63) is 83.2 Å². The SMILES string of the molecule is COc1cccc(CNC(=O)c2cnc(C3CCCN(Cc4cccnc4)C3)nc2C)c1. The van der Waals surface area contributed by atoms with Crippen LogP contribution in [0, 0.1) is 6.92 Å². The minimum Gasteiger partial charge on any atom is -0.497 e. The van der Waals surface area contributed by atoms with E-state index in [2.05, 4.69) is 26.3 Å². The average molecular weight is 432 g/mol. The van der Waals surface area contributed by atoms with Gasteiger partial charge in [-0.3, -0.25) is 14.7 Å². The first-order valence-electron chi connectivity index (χ1n) is 11.0. The topological polar surface area (TPSA) is 80.2 Å². The number of likely N-dealkylation sites (tertiary alicyclic amines) is 1. The zero-order valence-electron chi connectivity index (χ0n) is 18.6. The van der Waals surface area contributed by atoms with Gasteiger partial charge in [-0.2, -0.15) is 0 Å². The Morgan fingerprint density at radius 2 is 2.09 bits per heavy atom. The van der Waals surface area contributed by atoms with E-state index in [1.165, 1.54) is 5.56 Å². The molecule has 1 atom stereocenters. The molecule has 7 heteroatoms. The highest BCUT2D eigenvalue weighted by atomic mass is 16.5. The summed E-state index contributed by atoms with van der Waals surface area (Å²) in [5.41, 5.74) is 3.42. The summed E-state index contributed by atoms with van der Waals surface area (Å²) in [6, 6.07) is 11.7. The van der Waals surface area contributed by atoms with Crippen molar-refractivity contribution in [3.63, 3.8) is 0 Å². The molecule has 0 saturated carbocycles. The highest BCUT2D eigenvalue weighted by Crippen LogP contribution is 2.26. The van der Waals surface area contributed by atoms with E-state index in [4.69, 9.17) is 9.72 Å². The van der Waals surface area contributed by atoms with Gasteiger partial charge in [0.1, 0.15) is 11.6 Å². The van der Waals surface area contributed by atoms with Crippen LogP contribution in [-0.2, 0) is 13.1 Å². The first-order chi connectivity index (χ1) is 15.6. The van der Waals surface area contributed by atoms with E-state index in [0.29, 0.717) is 17.8 Å². The lowest BCUT2D eigenvalue weighted by Gasteiger charge is -2.32. The number of hydrogen-bond acceptors (Lipinski definition) is 6. The fourth-order valence-electron chi connectivity index (χ4n) is 4.12. The molecule has 3 aromatic rings. The Hall–Kier alpha value is -3.32. The number of carbonyl (C=O) groups is 1. The number of hydrogen-bond donors (Lipinski definition) is 1. The molecule has 7 nitrogen and oxygen atoms in total. The number of benzene rings is 1. The van der Waals surface area contributed by atoms with Gasteiger partial charge < -0.3 is 10.1 Å². The monoisotopic (exact) mass is 431 g/mol. The van der Waals surface area contributed by atoms with Crippen LogP contribution in [0.5, 0.6) is 5.75 Å². The Labute approximate surface area is 188 Å². The molecule has 1 N–H and O–H groups in total. The van der Waals surface area contributed by atoms with Crippen LogP contribution in [0.1, 0.15) is 51.8 Å². The molecule has 3 heterocycles. The Bertz CT molecular complexity index is 1060. The molecule has 1 aliphatic rings. The Morgan fingerprint density at radius 3 is 2.88 bits per heavy atom. The van der Waals surface area contributed by atoms with Crippen molar-refractivity contribution in [2.24, 2.45) is 0 Å². The molecule has 1 aromatic carbocycles. The predicted octanol–water partition coefficient (Wildman–Crippen LogP) is 3.50. The second-order valence-electron chi connectivity index (χ2n) is 8.20. The minimum atomic E-state index is -0.168. The van der Waals surface area contributed by atoms with Crippen LogP contribution in [-0.4, -0.2) is 46.0 Å².